The minimum absolute atomic E-state index is 0.0810. The zero-order valence-corrected chi connectivity index (χ0v) is 15.5. The molecule has 0 aliphatic heterocycles. The van der Waals surface area contributed by atoms with Crippen LogP contribution in [0, 0.1) is 0 Å². The van der Waals surface area contributed by atoms with Crippen molar-refractivity contribution in [3.05, 3.63) is 56.7 Å². The zero-order chi connectivity index (χ0) is 16.3. The molecule has 22 heavy (non-hydrogen) atoms. The van der Waals surface area contributed by atoms with Gasteiger partial charge in [0.2, 0.25) is 10.0 Å². The molecular weight excluding hydrogens is 411 g/mol. The van der Waals surface area contributed by atoms with Crippen LogP contribution in [0.5, 0.6) is 0 Å². The van der Waals surface area contributed by atoms with E-state index >= 15 is 0 Å². The first-order valence-corrected chi connectivity index (χ1v) is 9.32. The molecule has 8 heteroatoms. The number of rotatable bonds is 5. The van der Waals surface area contributed by atoms with Crippen LogP contribution in [0.25, 0.3) is 0 Å². The van der Waals surface area contributed by atoms with Crippen molar-refractivity contribution >= 4 is 49.2 Å². The standard InChI is InChI=1S/C14H13BrCl2N2O2S/c1-19(7-5-11-4-2-3-6-18-11)22(20,21)14-12(16)8-10(15)9-13(14)17/h2-4,6,8-9H,5,7H2,1H3. The number of hydrogen-bond acceptors (Lipinski definition) is 3. The van der Waals surface area contributed by atoms with Gasteiger partial charge in [-0.1, -0.05) is 45.2 Å². The average molecular weight is 424 g/mol. The second-order valence-corrected chi connectivity index (χ2v) is 8.31. The lowest BCUT2D eigenvalue weighted by Gasteiger charge is -2.19. The first-order valence-electron chi connectivity index (χ1n) is 6.33. The lowest BCUT2D eigenvalue weighted by molar-refractivity contribution is 0.471. The number of benzene rings is 1. The predicted octanol–water partition coefficient (Wildman–Crippen LogP) is 4.01. The van der Waals surface area contributed by atoms with Gasteiger partial charge < -0.3 is 0 Å². The lowest BCUT2D eigenvalue weighted by Crippen LogP contribution is -2.29. The lowest BCUT2D eigenvalue weighted by atomic mass is 10.3. The van der Waals surface area contributed by atoms with E-state index in [2.05, 4.69) is 20.9 Å². The molecule has 1 heterocycles. The van der Waals surface area contributed by atoms with Crippen molar-refractivity contribution in [1.29, 1.82) is 0 Å². The van der Waals surface area contributed by atoms with Gasteiger partial charge in [-0.2, -0.15) is 0 Å². The van der Waals surface area contributed by atoms with Gasteiger partial charge in [0.05, 0.1) is 10.0 Å². The van der Waals surface area contributed by atoms with Crippen LogP contribution in [-0.2, 0) is 16.4 Å². The number of likely N-dealkylation sites (N-methyl/N-ethyl adjacent to an activating group) is 1. The molecule has 4 nitrogen and oxygen atoms in total. The van der Waals surface area contributed by atoms with Gasteiger partial charge in [0, 0.05) is 36.4 Å². The van der Waals surface area contributed by atoms with E-state index in [9.17, 15) is 8.42 Å². The highest BCUT2D eigenvalue weighted by atomic mass is 79.9. The van der Waals surface area contributed by atoms with Crippen molar-refractivity contribution in [1.82, 2.24) is 9.29 Å². The highest BCUT2D eigenvalue weighted by Crippen LogP contribution is 2.34. The van der Waals surface area contributed by atoms with Crippen molar-refractivity contribution in [2.75, 3.05) is 13.6 Å². The van der Waals surface area contributed by atoms with E-state index in [0.717, 1.165) is 5.69 Å². The van der Waals surface area contributed by atoms with Crippen molar-refractivity contribution in [3.8, 4) is 0 Å². The molecule has 0 atom stereocenters. The van der Waals surface area contributed by atoms with Crippen LogP contribution in [0.15, 0.2) is 45.9 Å². The molecule has 0 unspecified atom stereocenters. The molecule has 118 valence electrons. The van der Waals surface area contributed by atoms with E-state index in [1.165, 1.54) is 23.5 Å². The van der Waals surface area contributed by atoms with Crippen LogP contribution >= 0.6 is 39.1 Å². The maximum Gasteiger partial charge on any atom is 0.245 e. The zero-order valence-electron chi connectivity index (χ0n) is 11.6. The van der Waals surface area contributed by atoms with Crippen molar-refractivity contribution in [3.63, 3.8) is 0 Å². The van der Waals surface area contributed by atoms with E-state index in [4.69, 9.17) is 23.2 Å². The number of pyridine rings is 1. The summed E-state index contributed by atoms with van der Waals surface area (Å²) in [7, 11) is -2.27. The van der Waals surface area contributed by atoms with Gasteiger partial charge in [-0.15, -0.1) is 0 Å². The maximum atomic E-state index is 12.6. The Bertz CT molecular complexity index is 747. The molecule has 1 aromatic heterocycles. The molecule has 1 aromatic carbocycles. The first-order chi connectivity index (χ1) is 10.3. The Morgan fingerprint density at radius 3 is 2.41 bits per heavy atom. The van der Waals surface area contributed by atoms with Gasteiger partial charge in [-0.3, -0.25) is 4.98 Å². The highest BCUT2D eigenvalue weighted by Gasteiger charge is 2.26. The normalized spacial score (nSPS) is 11.9. The Hall–Kier alpha value is -0.660. The molecule has 0 amide bonds. The summed E-state index contributed by atoms with van der Waals surface area (Å²) >= 11 is 15.3. The minimum Gasteiger partial charge on any atom is -0.261 e. The van der Waals surface area contributed by atoms with Gasteiger partial charge in [0.1, 0.15) is 4.90 Å². The molecule has 0 saturated heterocycles. The maximum absolute atomic E-state index is 12.6. The summed E-state index contributed by atoms with van der Waals surface area (Å²) in [6.07, 6.45) is 2.18. The molecule has 2 aromatic rings. The number of hydrogen-bond donors (Lipinski definition) is 0. The Morgan fingerprint density at radius 1 is 1.23 bits per heavy atom. The van der Waals surface area contributed by atoms with E-state index < -0.39 is 10.0 Å². The summed E-state index contributed by atoms with van der Waals surface area (Å²) in [6, 6.07) is 8.53. The monoisotopic (exact) mass is 422 g/mol. The fourth-order valence-electron chi connectivity index (χ4n) is 1.87. The summed E-state index contributed by atoms with van der Waals surface area (Å²) in [5.74, 6) is 0. The largest absolute Gasteiger partial charge is 0.261 e. The molecule has 0 saturated carbocycles. The summed E-state index contributed by atoms with van der Waals surface area (Å²) in [6.45, 7) is 0.280. The number of sulfonamides is 1. The highest BCUT2D eigenvalue weighted by molar-refractivity contribution is 9.10. The van der Waals surface area contributed by atoms with E-state index in [0.29, 0.717) is 10.9 Å². The molecular formula is C14H13BrCl2N2O2S. The molecule has 0 aliphatic rings. The molecule has 2 rings (SSSR count). The van der Waals surface area contributed by atoms with Crippen LogP contribution in [0.3, 0.4) is 0 Å². The fraction of sp³-hybridized carbons (Fsp3) is 0.214. The predicted molar refractivity (Wildman–Crippen MR) is 91.9 cm³/mol. The van der Waals surface area contributed by atoms with Crippen molar-refractivity contribution in [2.24, 2.45) is 0 Å². The van der Waals surface area contributed by atoms with E-state index in [-0.39, 0.29) is 21.5 Å². The van der Waals surface area contributed by atoms with Crippen LogP contribution in [-0.4, -0.2) is 31.3 Å². The third kappa shape index (κ3) is 4.00. The summed E-state index contributed by atoms with van der Waals surface area (Å²) < 4.78 is 27.1. The third-order valence-electron chi connectivity index (χ3n) is 3.04. The average Bonchev–Trinajstić information content (AvgIpc) is 2.44. The first kappa shape index (κ1) is 17.7. The summed E-state index contributed by atoms with van der Waals surface area (Å²) in [5.41, 5.74) is 0.817. The second-order valence-electron chi connectivity index (χ2n) is 4.60. The van der Waals surface area contributed by atoms with Gasteiger partial charge in [0.25, 0.3) is 0 Å². The van der Waals surface area contributed by atoms with Crippen LogP contribution in [0.4, 0.5) is 0 Å². The number of halogens is 3. The van der Waals surface area contributed by atoms with Crippen LogP contribution in [0.2, 0.25) is 10.0 Å². The molecule has 0 fully saturated rings. The van der Waals surface area contributed by atoms with E-state index in [1.807, 2.05) is 18.2 Å². The van der Waals surface area contributed by atoms with Crippen LogP contribution < -0.4 is 0 Å². The van der Waals surface area contributed by atoms with Crippen molar-refractivity contribution < 1.29 is 8.42 Å². The molecule has 0 N–H and O–H groups in total. The third-order valence-corrected chi connectivity index (χ3v) is 6.28. The smallest absolute Gasteiger partial charge is 0.245 e. The molecule has 0 radical (unpaired) electrons. The minimum atomic E-state index is -3.77. The van der Waals surface area contributed by atoms with Gasteiger partial charge in [-0.25, -0.2) is 12.7 Å². The SMILES string of the molecule is CN(CCc1ccccn1)S(=O)(=O)c1c(Cl)cc(Br)cc1Cl. The summed E-state index contributed by atoms with van der Waals surface area (Å²) in [4.78, 5) is 4.09. The van der Waals surface area contributed by atoms with Gasteiger partial charge in [-0.05, 0) is 24.3 Å². The van der Waals surface area contributed by atoms with Crippen LogP contribution in [0.1, 0.15) is 5.69 Å². The topological polar surface area (TPSA) is 50.3 Å². The fourth-order valence-corrected chi connectivity index (χ4v) is 4.92. The summed E-state index contributed by atoms with van der Waals surface area (Å²) in [5, 5.41) is 0.174. The quantitative estimate of drug-likeness (QED) is 0.729. The number of nitrogens with zero attached hydrogens (tertiary/aromatic N) is 2. The molecule has 0 spiro atoms. The van der Waals surface area contributed by atoms with Gasteiger partial charge in [0.15, 0.2) is 0 Å². The Labute approximate surface area is 148 Å². The Balaban J connectivity index is 2.23. The molecule has 0 aliphatic carbocycles. The Kier molecular flexibility index (Phi) is 5.85. The number of aromatic nitrogens is 1. The van der Waals surface area contributed by atoms with E-state index in [1.54, 1.807) is 6.20 Å². The van der Waals surface area contributed by atoms with Crippen molar-refractivity contribution in [2.45, 2.75) is 11.3 Å². The second kappa shape index (κ2) is 7.27. The van der Waals surface area contributed by atoms with Gasteiger partial charge >= 0.3 is 0 Å². The Morgan fingerprint density at radius 2 is 1.86 bits per heavy atom. The molecule has 0 bridgehead atoms.